The number of aliphatic carboxylic acids is 1. The molecule has 0 saturated carbocycles. The van der Waals surface area contributed by atoms with E-state index in [0.29, 0.717) is 31.6 Å². The highest BCUT2D eigenvalue weighted by Crippen LogP contribution is 2.29. The van der Waals surface area contributed by atoms with Gasteiger partial charge in [-0.1, -0.05) is 12.1 Å². The maximum absolute atomic E-state index is 12.3. The highest BCUT2D eigenvalue weighted by atomic mass is 16.6. The molecular formula is C23H35N3O5. The fourth-order valence-corrected chi connectivity index (χ4v) is 3.60. The first-order valence-corrected chi connectivity index (χ1v) is 10.6. The van der Waals surface area contributed by atoms with Gasteiger partial charge in [0.2, 0.25) is 0 Å². The van der Waals surface area contributed by atoms with Gasteiger partial charge in [-0.15, -0.1) is 0 Å². The number of benzene rings is 1. The number of carbonyl (C=O) groups is 3. The highest BCUT2D eigenvalue weighted by molar-refractivity contribution is 5.89. The zero-order valence-electron chi connectivity index (χ0n) is 19.3. The van der Waals surface area contributed by atoms with E-state index in [1.54, 1.807) is 43.9 Å². The summed E-state index contributed by atoms with van der Waals surface area (Å²) in [5.41, 5.74) is 0.467. The minimum atomic E-state index is -0.889. The second kappa shape index (κ2) is 9.58. The van der Waals surface area contributed by atoms with E-state index in [1.165, 1.54) is 0 Å². The normalized spacial score (nSPS) is 17.7. The molecule has 3 amide bonds. The number of amides is 3. The van der Waals surface area contributed by atoms with E-state index < -0.39 is 23.6 Å². The van der Waals surface area contributed by atoms with Crippen LogP contribution in [-0.4, -0.2) is 52.3 Å². The zero-order valence-corrected chi connectivity index (χ0v) is 19.3. The lowest BCUT2D eigenvalue weighted by molar-refractivity contribution is -0.143. The monoisotopic (exact) mass is 433 g/mol. The van der Waals surface area contributed by atoms with E-state index in [4.69, 9.17) is 4.74 Å². The van der Waals surface area contributed by atoms with E-state index in [1.807, 2.05) is 26.8 Å². The molecule has 1 saturated heterocycles. The van der Waals surface area contributed by atoms with Gasteiger partial charge in [-0.2, -0.15) is 0 Å². The Morgan fingerprint density at radius 2 is 1.87 bits per heavy atom. The minimum Gasteiger partial charge on any atom is -0.481 e. The van der Waals surface area contributed by atoms with Crippen LogP contribution >= 0.6 is 0 Å². The van der Waals surface area contributed by atoms with Crippen molar-refractivity contribution in [2.45, 2.75) is 65.5 Å². The van der Waals surface area contributed by atoms with Crippen molar-refractivity contribution in [2.75, 3.05) is 18.4 Å². The van der Waals surface area contributed by atoms with Crippen molar-refractivity contribution in [1.29, 1.82) is 0 Å². The molecule has 0 unspecified atom stereocenters. The van der Waals surface area contributed by atoms with Crippen LogP contribution in [0.5, 0.6) is 0 Å². The number of carboxylic acid groups (broad SMARTS) is 1. The number of ether oxygens (including phenoxy) is 1. The van der Waals surface area contributed by atoms with Crippen molar-refractivity contribution in [3.63, 3.8) is 0 Å². The van der Waals surface area contributed by atoms with E-state index in [0.717, 1.165) is 5.56 Å². The number of nitrogens with zero attached hydrogens (tertiary/aromatic N) is 1. The van der Waals surface area contributed by atoms with Crippen LogP contribution in [-0.2, 0) is 16.0 Å². The maximum Gasteiger partial charge on any atom is 0.410 e. The van der Waals surface area contributed by atoms with E-state index >= 15 is 0 Å². The van der Waals surface area contributed by atoms with Gasteiger partial charge in [-0.05, 0) is 78.0 Å². The number of urea groups is 1. The number of carbonyl (C=O) groups excluding carboxylic acids is 2. The fourth-order valence-electron chi connectivity index (χ4n) is 3.60. The Morgan fingerprint density at radius 3 is 2.45 bits per heavy atom. The standard InChI is InChI=1S/C23H35N3O5/c1-22(2,3)25-20(29)24-17-9-7-8-15(12-17)13-18(19(27)28)16-10-11-26(14-16)21(30)31-23(4,5)6/h7-9,12,16,18H,10-11,13-14H2,1-6H3,(H,27,28)(H2,24,25,29)/t16-,18-/m0/s1. The summed E-state index contributed by atoms with van der Waals surface area (Å²) in [6.07, 6.45) is 0.524. The average Bonchev–Trinajstić information content (AvgIpc) is 3.06. The maximum atomic E-state index is 12.3. The lowest BCUT2D eigenvalue weighted by Crippen LogP contribution is -2.43. The molecular weight excluding hydrogens is 398 g/mol. The van der Waals surface area contributed by atoms with Crippen molar-refractivity contribution < 1.29 is 24.2 Å². The molecule has 1 aliphatic rings. The van der Waals surface area contributed by atoms with Crippen molar-refractivity contribution in [3.8, 4) is 0 Å². The molecule has 1 aliphatic heterocycles. The summed E-state index contributed by atoms with van der Waals surface area (Å²) in [5.74, 6) is -1.68. The number of nitrogens with one attached hydrogen (secondary N) is 2. The second-order valence-electron chi connectivity index (χ2n) is 10.2. The number of anilines is 1. The number of carboxylic acids is 1. The Balaban J connectivity index is 2.03. The van der Waals surface area contributed by atoms with Gasteiger partial charge >= 0.3 is 18.1 Å². The molecule has 8 heteroatoms. The molecule has 1 aromatic rings. The van der Waals surface area contributed by atoms with Crippen LogP contribution in [0, 0.1) is 11.8 Å². The fraction of sp³-hybridized carbons (Fsp3) is 0.609. The van der Waals surface area contributed by atoms with Gasteiger partial charge in [0.15, 0.2) is 0 Å². The number of hydrogen-bond donors (Lipinski definition) is 3. The molecule has 3 N–H and O–H groups in total. The summed E-state index contributed by atoms with van der Waals surface area (Å²) >= 11 is 0. The Hall–Kier alpha value is -2.77. The summed E-state index contributed by atoms with van der Waals surface area (Å²) in [4.78, 5) is 38.0. The van der Waals surface area contributed by atoms with Crippen LogP contribution in [0.2, 0.25) is 0 Å². The molecule has 0 spiro atoms. The van der Waals surface area contributed by atoms with E-state index in [9.17, 15) is 19.5 Å². The summed E-state index contributed by atoms with van der Waals surface area (Å²) in [7, 11) is 0. The van der Waals surface area contributed by atoms with Crippen LogP contribution in [0.25, 0.3) is 0 Å². The van der Waals surface area contributed by atoms with Gasteiger partial charge in [0.1, 0.15) is 5.60 Å². The molecule has 0 radical (unpaired) electrons. The molecule has 2 rings (SSSR count). The lowest BCUT2D eigenvalue weighted by Gasteiger charge is -2.25. The third-order valence-electron chi connectivity index (χ3n) is 4.89. The molecule has 0 bridgehead atoms. The lowest BCUT2D eigenvalue weighted by atomic mass is 9.86. The predicted molar refractivity (Wildman–Crippen MR) is 119 cm³/mol. The highest BCUT2D eigenvalue weighted by Gasteiger charge is 2.37. The van der Waals surface area contributed by atoms with Gasteiger partial charge in [0.25, 0.3) is 0 Å². The van der Waals surface area contributed by atoms with Crippen LogP contribution in [0.4, 0.5) is 15.3 Å². The Labute approximate surface area is 184 Å². The Bertz CT molecular complexity index is 810. The molecule has 1 aromatic carbocycles. The minimum absolute atomic E-state index is 0.161. The van der Waals surface area contributed by atoms with Gasteiger partial charge < -0.3 is 25.4 Å². The first-order chi connectivity index (χ1) is 14.2. The molecule has 31 heavy (non-hydrogen) atoms. The van der Waals surface area contributed by atoms with Gasteiger partial charge in [0.05, 0.1) is 5.92 Å². The van der Waals surface area contributed by atoms with Crippen LogP contribution in [0.15, 0.2) is 24.3 Å². The van der Waals surface area contributed by atoms with Crippen LogP contribution < -0.4 is 10.6 Å². The molecule has 172 valence electrons. The molecule has 0 aliphatic carbocycles. The van der Waals surface area contributed by atoms with Crippen molar-refractivity contribution in [1.82, 2.24) is 10.2 Å². The first-order valence-electron chi connectivity index (χ1n) is 10.6. The summed E-state index contributed by atoms with van der Waals surface area (Å²) in [6, 6.07) is 6.88. The predicted octanol–water partition coefficient (Wildman–Crippen LogP) is 4.11. The van der Waals surface area contributed by atoms with E-state index in [-0.39, 0.29) is 17.5 Å². The van der Waals surface area contributed by atoms with Gasteiger partial charge in [-0.25, -0.2) is 9.59 Å². The quantitative estimate of drug-likeness (QED) is 0.648. The largest absolute Gasteiger partial charge is 0.481 e. The first kappa shape index (κ1) is 24.5. The van der Waals surface area contributed by atoms with Crippen LogP contribution in [0.3, 0.4) is 0 Å². The summed E-state index contributed by atoms with van der Waals surface area (Å²) < 4.78 is 5.41. The third-order valence-corrected chi connectivity index (χ3v) is 4.89. The third kappa shape index (κ3) is 8.11. The summed E-state index contributed by atoms with van der Waals surface area (Å²) in [5, 5.41) is 15.5. The topological polar surface area (TPSA) is 108 Å². The average molecular weight is 434 g/mol. The van der Waals surface area contributed by atoms with Crippen LogP contribution in [0.1, 0.15) is 53.5 Å². The molecule has 1 heterocycles. The Kier molecular flexibility index (Phi) is 7.57. The molecule has 2 atom stereocenters. The van der Waals surface area contributed by atoms with Crippen molar-refractivity contribution >= 4 is 23.8 Å². The number of hydrogen-bond acceptors (Lipinski definition) is 4. The SMILES string of the molecule is CC(C)(C)NC(=O)Nc1cccc(C[C@H](C(=O)O)[C@H]2CCN(C(=O)OC(C)(C)C)C2)c1. The van der Waals surface area contributed by atoms with Gasteiger partial charge in [-0.3, -0.25) is 4.79 Å². The molecule has 1 fully saturated rings. The number of likely N-dealkylation sites (tertiary alicyclic amines) is 1. The number of rotatable bonds is 5. The van der Waals surface area contributed by atoms with Crippen molar-refractivity contribution in [2.24, 2.45) is 11.8 Å². The smallest absolute Gasteiger partial charge is 0.410 e. The van der Waals surface area contributed by atoms with E-state index in [2.05, 4.69) is 10.6 Å². The second-order valence-corrected chi connectivity index (χ2v) is 10.2. The molecule has 8 nitrogen and oxygen atoms in total. The zero-order chi connectivity index (χ0) is 23.4. The summed E-state index contributed by atoms with van der Waals surface area (Å²) in [6.45, 7) is 11.9. The van der Waals surface area contributed by atoms with Gasteiger partial charge in [0, 0.05) is 24.3 Å². The molecule has 0 aromatic heterocycles. The Morgan fingerprint density at radius 1 is 1.19 bits per heavy atom. The van der Waals surface area contributed by atoms with Crippen molar-refractivity contribution in [3.05, 3.63) is 29.8 Å².